The van der Waals surface area contributed by atoms with Crippen molar-refractivity contribution in [2.24, 2.45) is 17.4 Å². The number of fused-ring (bicyclic) bond motifs is 1. The largest absolute Gasteiger partial charge is 0.393 e. The van der Waals surface area contributed by atoms with Gasteiger partial charge in [0.15, 0.2) is 0 Å². The number of anilines is 2. The van der Waals surface area contributed by atoms with Crippen LogP contribution in [0.3, 0.4) is 0 Å². The molecule has 3 rings (SSSR count). The van der Waals surface area contributed by atoms with Crippen LogP contribution in [-0.2, 0) is 9.59 Å². The van der Waals surface area contributed by atoms with Gasteiger partial charge in [-0.05, 0) is 50.8 Å². The number of benzene rings is 1. The van der Waals surface area contributed by atoms with Crippen molar-refractivity contribution < 1.29 is 14.7 Å². The predicted molar refractivity (Wildman–Crippen MR) is 123 cm³/mol. The Hall–Kier alpha value is -2.00. The number of nitrogens with zero attached hydrogens (tertiary/aromatic N) is 2. The monoisotopic (exact) mass is 431 g/mol. The quantitative estimate of drug-likeness (QED) is 0.461. The summed E-state index contributed by atoms with van der Waals surface area (Å²) >= 11 is 0. The molecule has 0 bridgehead atoms. The molecule has 1 aliphatic carbocycles. The molecule has 1 heterocycles. The Morgan fingerprint density at radius 2 is 1.97 bits per heavy atom. The second-order valence-electron chi connectivity index (χ2n) is 9.14. The van der Waals surface area contributed by atoms with E-state index in [1.165, 1.54) is 0 Å². The molecule has 8 nitrogen and oxygen atoms in total. The fraction of sp³-hybridized carbons (Fsp3) is 0.652. The first-order chi connectivity index (χ1) is 14.7. The fourth-order valence-electron chi connectivity index (χ4n) is 4.44. The highest BCUT2D eigenvalue weighted by Gasteiger charge is 2.39. The molecule has 1 aliphatic heterocycles. The summed E-state index contributed by atoms with van der Waals surface area (Å²) in [4.78, 5) is 28.9. The van der Waals surface area contributed by atoms with Crippen LogP contribution in [0.2, 0.25) is 0 Å². The maximum atomic E-state index is 13.0. The van der Waals surface area contributed by atoms with E-state index >= 15 is 0 Å². The first-order valence-corrected chi connectivity index (χ1v) is 11.3. The molecule has 31 heavy (non-hydrogen) atoms. The maximum Gasteiger partial charge on any atom is 0.230 e. The minimum Gasteiger partial charge on any atom is -0.393 e. The van der Waals surface area contributed by atoms with Crippen molar-refractivity contribution in [2.75, 3.05) is 36.0 Å². The van der Waals surface area contributed by atoms with Crippen LogP contribution in [0.4, 0.5) is 11.4 Å². The van der Waals surface area contributed by atoms with Gasteiger partial charge in [0.25, 0.3) is 0 Å². The van der Waals surface area contributed by atoms with E-state index in [0.717, 1.165) is 29.8 Å². The Balaban J connectivity index is 1.81. The lowest BCUT2D eigenvalue weighted by Gasteiger charge is -2.41. The maximum absolute atomic E-state index is 13.0. The lowest BCUT2D eigenvalue weighted by atomic mass is 9.95. The molecule has 8 heteroatoms. The number of amides is 2. The molecule has 172 valence electrons. The van der Waals surface area contributed by atoms with Crippen molar-refractivity contribution in [1.82, 2.24) is 5.32 Å². The Morgan fingerprint density at radius 1 is 1.26 bits per heavy atom. The van der Waals surface area contributed by atoms with Crippen molar-refractivity contribution in [3.63, 3.8) is 0 Å². The van der Waals surface area contributed by atoms with Gasteiger partial charge >= 0.3 is 0 Å². The van der Waals surface area contributed by atoms with Crippen molar-refractivity contribution in [2.45, 2.75) is 64.1 Å². The van der Waals surface area contributed by atoms with Crippen LogP contribution in [0.25, 0.3) is 0 Å². The summed E-state index contributed by atoms with van der Waals surface area (Å²) in [6, 6.07) is 5.77. The van der Waals surface area contributed by atoms with E-state index in [4.69, 9.17) is 11.5 Å². The Labute approximate surface area is 184 Å². The lowest BCUT2D eigenvalue weighted by molar-refractivity contribution is -0.120. The Morgan fingerprint density at radius 3 is 2.55 bits per heavy atom. The van der Waals surface area contributed by atoms with Crippen LogP contribution in [0, 0.1) is 5.92 Å². The molecule has 4 atom stereocenters. The molecule has 1 aromatic carbocycles. The molecule has 0 spiro atoms. The van der Waals surface area contributed by atoms with Gasteiger partial charge in [0, 0.05) is 51.0 Å². The van der Waals surface area contributed by atoms with Crippen LogP contribution >= 0.6 is 0 Å². The number of nitrogens with two attached hydrogens (primary N) is 2. The third-order valence-electron chi connectivity index (χ3n) is 6.17. The van der Waals surface area contributed by atoms with Crippen LogP contribution < -0.4 is 26.6 Å². The second kappa shape index (κ2) is 10.1. The fourth-order valence-corrected chi connectivity index (χ4v) is 4.44. The molecule has 0 radical (unpaired) electrons. The van der Waals surface area contributed by atoms with Crippen LogP contribution in [0.1, 0.15) is 51.5 Å². The van der Waals surface area contributed by atoms with E-state index in [1.54, 1.807) is 18.7 Å². The summed E-state index contributed by atoms with van der Waals surface area (Å²) in [7, 11) is 0. The summed E-state index contributed by atoms with van der Waals surface area (Å²) in [5.41, 5.74) is 14.7. The summed E-state index contributed by atoms with van der Waals surface area (Å²) < 4.78 is 0. The molecular weight excluding hydrogens is 394 g/mol. The minimum atomic E-state index is -0.427. The van der Waals surface area contributed by atoms with Crippen molar-refractivity contribution in [3.05, 3.63) is 23.8 Å². The zero-order chi connectivity index (χ0) is 22.7. The Kier molecular flexibility index (Phi) is 7.69. The standard InChI is InChI=1S/C23H37N5O3/c1-14-13-27(23(31)17-4-5-17)22-9-18(6-7-21(22)28(14)16(3)30)19(10-24)11-26-12-20(25)8-15(2)29/h6-7,9,14-15,17,19-20,26,29H,4-5,8,10-13,24-25H2,1-3H3/t14-,15?,19?,20?/m0/s1. The van der Waals surface area contributed by atoms with Gasteiger partial charge in [-0.15, -0.1) is 0 Å². The molecule has 6 N–H and O–H groups in total. The molecule has 2 aliphatic rings. The number of aliphatic hydroxyl groups is 1. The van der Waals surface area contributed by atoms with Gasteiger partial charge < -0.3 is 31.7 Å². The normalized spacial score (nSPS) is 21.4. The number of nitrogens with one attached hydrogen (secondary N) is 1. The highest BCUT2D eigenvalue weighted by Crippen LogP contribution is 2.41. The molecule has 1 aromatic rings. The molecule has 1 fully saturated rings. The highest BCUT2D eigenvalue weighted by atomic mass is 16.3. The van der Waals surface area contributed by atoms with Gasteiger partial charge in [-0.3, -0.25) is 9.59 Å². The Bertz CT molecular complexity index is 795. The van der Waals surface area contributed by atoms with Crippen LogP contribution in [0.5, 0.6) is 0 Å². The van der Waals surface area contributed by atoms with E-state index in [0.29, 0.717) is 32.6 Å². The first kappa shape index (κ1) is 23.7. The van der Waals surface area contributed by atoms with Gasteiger partial charge in [-0.2, -0.15) is 0 Å². The van der Waals surface area contributed by atoms with Crippen LogP contribution in [-0.4, -0.2) is 61.3 Å². The summed E-state index contributed by atoms with van der Waals surface area (Å²) in [5, 5.41) is 12.8. The van der Waals surface area contributed by atoms with Gasteiger partial charge in [-0.25, -0.2) is 0 Å². The van der Waals surface area contributed by atoms with Gasteiger partial charge in [0.05, 0.1) is 23.5 Å². The van der Waals surface area contributed by atoms with E-state index in [-0.39, 0.29) is 35.7 Å². The summed E-state index contributed by atoms with van der Waals surface area (Å²) in [6.45, 7) is 7.46. The second-order valence-corrected chi connectivity index (χ2v) is 9.14. The van der Waals surface area contributed by atoms with Crippen molar-refractivity contribution in [1.29, 1.82) is 0 Å². The lowest BCUT2D eigenvalue weighted by Crippen LogP contribution is -2.51. The number of carbonyl (C=O) groups excluding carboxylic acids is 2. The van der Waals surface area contributed by atoms with Gasteiger partial charge in [0.2, 0.25) is 11.8 Å². The average molecular weight is 432 g/mol. The molecular formula is C23H37N5O3. The number of hydrogen-bond acceptors (Lipinski definition) is 6. The van der Waals surface area contributed by atoms with Crippen LogP contribution in [0.15, 0.2) is 18.2 Å². The summed E-state index contributed by atoms with van der Waals surface area (Å²) in [6.07, 6.45) is 1.99. The third kappa shape index (κ3) is 5.63. The molecule has 0 saturated heterocycles. The zero-order valence-electron chi connectivity index (χ0n) is 18.9. The topological polar surface area (TPSA) is 125 Å². The average Bonchev–Trinajstić information content (AvgIpc) is 3.54. The molecule has 2 amide bonds. The highest BCUT2D eigenvalue weighted by molar-refractivity contribution is 6.05. The van der Waals surface area contributed by atoms with E-state index in [1.807, 2.05) is 30.0 Å². The number of carbonyl (C=O) groups is 2. The van der Waals surface area contributed by atoms with E-state index in [9.17, 15) is 14.7 Å². The number of hydrogen-bond donors (Lipinski definition) is 4. The van der Waals surface area contributed by atoms with E-state index < -0.39 is 6.10 Å². The van der Waals surface area contributed by atoms with Gasteiger partial charge in [0.1, 0.15) is 0 Å². The smallest absolute Gasteiger partial charge is 0.230 e. The zero-order valence-corrected chi connectivity index (χ0v) is 18.9. The molecule has 1 saturated carbocycles. The van der Waals surface area contributed by atoms with Gasteiger partial charge in [-0.1, -0.05) is 6.07 Å². The summed E-state index contributed by atoms with van der Waals surface area (Å²) in [5.74, 6) is 0.283. The predicted octanol–water partition coefficient (Wildman–Crippen LogP) is 0.915. The molecule has 3 unspecified atom stereocenters. The molecule has 0 aromatic heterocycles. The number of aliphatic hydroxyl groups excluding tert-OH is 1. The van der Waals surface area contributed by atoms with Crippen molar-refractivity contribution >= 4 is 23.2 Å². The SMILES string of the molecule is CC(=O)N1c2ccc(C(CN)CNCC(N)CC(C)O)cc2N(C(=O)C2CC2)C[C@@H]1C. The number of rotatable bonds is 9. The minimum absolute atomic E-state index is 0.0239. The van der Waals surface area contributed by atoms with Crippen molar-refractivity contribution in [3.8, 4) is 0 Å². The first-order valence-electron chi connectivity index (χ1n) is 11.3. The van der Waals surface area contributed by atoms with E-state index in [2.05, 4.69) is 5.32 Å². The third-order valence-corrected chi connectivity index (χ3v) is 6.17.